The van der Waals surface area contributed by atoms with Gasteiger partial charge in [0.05, 0.1) is 44.1 Å². The maximum absolute atomic E-state index is 5.22. The normalized spacial score (nSPS) is 12.2. The summed E-state index contributed by atoms with van der Waals surface area (Å²) in [7, 11) is 0. The Morgan fingerprint density at radius 2 is 0.737 bits per heavy atom. The van der Waals surface area contributed by atoms with Crippen LogP contribution in [0.3, 0.4) is 0 Å². The molecule has 0 spiro atoms. The molecular weight excluding hydrogens is 470 g/mol. The molecule has 9 rings (SSSR count). The first-order chi connectivity index (χ1) is 18.9. The van der Waals surface area contributed by atoms with E-state index in [1.54, 1.807) is 0 Å². The SMILES string of the molecule is c1cc(-n2c3ccccc3n3c4ccccc4nc23)nc(-n2c3ccccc3n3c4ccccc4nc23)c1. The minimum absolute atomic E-state index is 0.802. The fourth-order valence-corrected chi connectivity index (χ4v) is 5.81. The third-order valence-corrected chi connectivity index (χ3v) is 7.39. The molecule has 0 bridgehead atoms. The Morgan fingerprint density at radius 1 is 0.342 bits per heavy atom. The van der Waals surface area contributed by atoms with Crippen LogP contribution < -0.4 is 0 Å². The van der Waals surface area contributed by atoms with Crippen molar-refractivity contribution in [2.45, 2.75) is 0 Å². The summed E-state index contributed by atoms with van der Waals surface area (Å²) in [6.45, 7) is 0. The van der Waals surface area contributed by atoms with E-state index in [0.29, 0.717) is 0 Å². The van der Waals surface area contributed by atoms with Gasteiger partial charge in [-0.25, -0.2) is 15.0 Å². The lowest BCUT2D eigenvalue weighted by Crippen LogP contribution is -2.04. The average molecular weight is 490 g/mol. The average Bonchev–Trinajstić information content (AvgIpc) is 3.69. The monoisotopic (exact) mass is 489 g/mol. The molecule has 0 aliphatic rings. The zero-order chi connectivity index (χ0) is 24.8. The van der Waals surface area contributed by atoms with Gasteiger partial charge in [-0.2, -0.15) is 0 Å². The Labute approximate surface area is 215 Å². The summed E-state index contributed by atoms with van der Waals surface area (Å²) in [6, 6.07) is 39.4. The van der Waals surface area contributed by atoms with Gasteiger partial charge in [0.1, 0.15) is 11.6 Å². The number of pyridine rings is 1. The first-order valence-electron chi connectivity index (χ1n) is 12.6. The zero-order valence-electron chi connectivity index (χ0n) is 20.1. The van der Waals surface area contributed by atoms with Gasteiger partial charge >= 0.3 is 0 Å². The van der Waals surface area contributed by atoms with E-state index >= 15 is 0 Å². The van der Waals surface area contributed by atoms with Crippen LogP contribution in [0.25, 0.3) is 67.3 Å². The molecule has 0 aliphatic heterocycles. The Kier molecular flexibility index (Phi) is 3.67. The van der Waals surface area contributed by atoms with Gasteiger partial charge in [0.15, 0.2) is 0 Å². The Bertz CT molecular complexity index is 2200. The third kappa shape index (κ3) is 2.44. The molecule has 5 aromatic heterocycles. The van der Waals surface area contributed by atoms with Crippen molar-refractivity contribution in [3.05, 3.63) is 115 Å². The number of aromatic nitrogens is 7. The van der Waals surface area contributed by atoms with Gasteiger partial charge in [0, 0.05) is 0 Å². The molecule has 9 aromatic rings. The molecule has 5 heterocycles. The van der Waals surface area contributed by atoms with E-state index in [1.807, 2.05) is 24.3 Å². The van der Waals surface area contributed by atoms with Crippen molar-refractivity contribution in [1.29, 1.82) is 0 Å². The number of hydrogen-bond donors (Lipinski definition) is 0. The molecule has 0 saturated heterocycles. The second kappa shape index (κ2) is 7.08. The summed E-state index contributed by atoms with van der Waals surface area (Å²) in [5.41, 5.74) is 8.37. The standard InChI is InChI=1S/C31H19N7/c1-3-12-22-20(10-1)32-30-35(22)24-14-5-7-16-26(24)37(30)28-18-9-19-29(34-28)38-27-17-8-6-15-25(27)36-23-13-4-2-11-21(23)33-31(36)38/h1-19H. The lowest BCUT2D eigenvalue weighted by molar-refractivity contribution is 0.982. The Hall–Kier alpha value is -5.43. The predicted octanol–water partition coefficient (Wildman–Crippen LogP) is 6.57. The molecule has 7 nitrogen and oxygen atoms in total. The lowest BCUT2D eigenvalue weighted by atomic mass is 10.3. The van der Waals surface area contributed by atoms with Crippen molar-refractivity contribution in [2.24, 2.45) is 0 Å². The van der Waals surface area contributed by atoms with E-state index in [4.69, 9.17) is 15.0 Å². The van der Waals surface area contributed by atoms with Crippen LogP contribution in [0, 0.1) is 0 Å². The maximum Gasteiger partial charge on any atom is 0.221 e. The van der Waals surface area contributed by atoms with Crippen LogP contribution >= 0.6 is 0 Å². The van der Waals surface area contributed by atoms with Crippen molar-refractivity contribution in [1.82, 2.24) is 32.9 Å². The summed E-state index contributed by atoms with van der Waals surface area (Å²) in [4.78, 5) is 15.2. The number of imidazole rings is 4. The number of hydrogen-bond acceptors (Lipinski definition) is 3. The minimum Gasteiger partial charge on any atom is -0.276 e. The number of fused-ring (bicyclic) bond motifs is 10. The molecule has 0 radical (unpaired) electrons. The number of para-hydroxylation sites is 8. The second-order valence-corrected chi connectivity index (χ2v) is 9.47. The number of nitrogens with zero attached hydrogens (tertiary/aromatic N) is 7. The highest BCUT2D eigenvalue weighted by Gasteiger charge is 2.20. The molecule has 7 heteroatoms. The highest BCUT2D eigenvalue weighted by molar-refractivity contribution is 5.93. The maximum atomic E-state index is 5.22. The second-order valence-electron chi connectivity index (χ2n) is 9.47. The first kappa shape index (κ1) is 19.7. The molecule has 0 N–H and O–H groups in total. The van der Waals surface area contributed by atoms with Crippen LogP contribution in [0.1, 0.15) is 0 Å². The number of rotatable bonds is 2. The topological polar surface area (TPSA) is 57.4 Å². The molecule has 38 heavy (non-hydrogen) atoms. The van der Waals surface area contributed by atoms with Crippen LogP contribution in [-0.2, 0) is 0 Å². The lowest BCUT2D eigenvalue weighted by Gasteiger charge is -2.09. The summed E-state index contributed by atoms with van der Waals surface area (Å²) in [5.74, 6) is 3.28. The smallest absolute Gasteiger partial charge is 0.221 e. The van der Waals surface area contributed by atoms with E-state index in [-0.39, 0.29) is 0 Å². The van der Waals surface area contributed by atoms with Gasteiger partial charge in [-0.05, 0) is 60.7 Å². The fourth-order valence-electron chi connectivity index (χ4n) is 5.81. The largest absolute Gasteiger partial charge is 0.276 e. The van der Waals surface area contributed by atoms with Gasteiger partial charge in [-0.1, -0.05) is 54.6 Å². The Balaban J connectivity index is 1.37. The van der Waals surface area contributed by atoms with Crippen LogP contribution in [0.15, 0.2) is 115 Å². The van der Waals surface area contributed by atoms with Crippen molar-refractivity contribution in [3.63, 3.8) is 0 Å². The van der Waals surface area contributed by atoms with Crippen molar-refractivity contribution in [2.75, 3.05) is 0 Å². The van der Waals surface area contributed by atoms with Crippen molar-refractivity contribution in [3.8, 4) is 11.6 Å². The summed E-state index contributed by atoms with van der Waals surface area (Å²) in [6.07, 6.45) is 0. The molecule has 4 aromatic carbocycles. The highest BCUT2D eigenvalue weighted by Crippen LogP contribution is 2.31. The van der Waals surface area contributed by atoms with Gasteiger partial charge in [-0.15, -0.1) is 0 Å². The van der Waals surface area contributed by atoms with Crippen molar-refractivity contribution < 1.29 is 0 Å². The molecule has 0 amide bonds. The highest BCUT2D eigenvalue weighted by atomic mass is 15.3. The molecule has 0 atom stereocenters. The van der Waals surface area contributed by atoms with E-state index in [1.165, 1.54) is 0 Å². The molecule has 178 valence electrons. The fraction of sp³-hybridized carbons (Fsp3) is 0. The van der Waals surface area contributed by atoms with Crippen LogP contribution in [0.2, 0.25) is 0 Å². The first-order valence-corrected chi connectivity index (χ1v) is 12.6. The molecular formula is C31H19N7. The zero-order valence-corrected chi connectivity index (χ0v) is 20.1. The molecule has 0 fully saturated rings. The molecule has 0 aliphatic carbocycles. The number of benzene rings is 4. The molecule has 0 unspecified atom stereocenters. The van der Waals surface area contributed by atoms with Crippen LogP contribution in [-0.4, -0.2) is 32.9 Å². The third-order valence-electron chi connectivity index (χ3n) is 7.39. The summed E-state index contributed by atoms with van der Waals surface area (Å²) >= 11 is 0. The molecule has 0 saturated carbocycles. The summed E-state index contributed by atoms with van der Waals surface area (Å²) < 4.78 is 8.71. The summed E-state index contributed by atoms with van der Waals surface area (Å²) in [5, 5.41) is 0. The van der Waals surface area contributed by atoms with Crippen molar-refractivity contribution >= 4 is 55.7 Å². The van der Waals surface area contributed by atoms with Gasteiger partial charge in [0.2, 0.25) is 11.6 Å². The van der Waals surface area contributed by atoms with E-state index in [9.17, 15) is 0 Å². The predicted molar refractivity (Wildman–Crippen MR) is 150 cm³/mol. The van der Waals surface area contributed by atoms with Gasteiger partial charge in [-0.3, -0.25) is 17.9 Å². The van der Waals surface area contributed by atoms with Crippen LogP contribution in [0.5, 0.6) is 0 Å². The van der Waals surface area contributed by atoms with E-state index < -0.39 is 0 Å². The quantitative estimate of drug-likeness (QED) is 0.276. The minimum atomic E-state index is 0.802. The Morgan fingerprint density at radius 3 is 1.21 bits per heavy atom. The van der Waals surface area contributed by atoms with E-state index in [0.717, 1.165) is 67.3 Å². The van der Waals surface area contributed by atoms with Gasteiger partial charge < -0.3 is 0 Å². The van der Waals surface area contributed by atoms with E-state index in [2.05, 4.69) is 109 Å². The van der Waals surface area contributed by atoms with Crippen LogP contribution in [0.4, 0.5) is 0 Å². The van der Waals surface area contributed by atoms with Gasteiger partial charge in [0.25, 0.3) is 0 Å².